The summed E-state index contributed by atoms with van der Waals surface area (Å²) in [5.41, 5.74) is 2.21. The van der Waals surface area contributed by atoms with E-state index in [9.17, 15) is 9.90 Å². The van der Waals surface area contributed by atoms with Gasteiger partial charge in [0.25, 0.3) is 0 Å². The molecule has 5 atom stereocenters. The second kappa shape index (κ2) is 19.2. The van der Waals surface area contributed by atoms with Crippen LogP contribution in [0.1, 0.15) is 75.5 Å². The molecule has 0 spiro atoms. The van der Waals surface area contributed by atoms with Crippen LogP contribution in [-0.2, 0) is 20.8 Å². The molecule has 2 aliphatic rings. The summed E-state index contributed by atoms with van der Waals surface area (Å²) in [6, 6.07) is 15.7. The Balaban J connectivity index is 1.35. The molecule has 1 amide bonds. The molecule has 2 fully saturated rings. The van der Waals surface area contributed by atoms with Gasteiger partial charge in [0, 0.05) is 51.4 Å². The maximum absolute atomic E-state index is 13.4. The van der Waals surface area contributed by atoms with E-state index in [1.165, 1.54) is 24.8 Å². The number of ether oxygens (including phenoxy) is 4. The van der Waals surface area contributed by atoms with E-state index in [1.807, 2.05) is 31.2 Å². The van der Waals surface area contributed by atoms with Crippen LogP contribution >= 0.6 is 0 Å². The van der Waals surface area contributed by atoms with Gasteiger partial charge in [0.1, 0.15) is 11.5 Å². The molecule has 256 valence electrons. The van der Waals surface area contributed by atoms with Crippen molar-refractivity contribution in [1.82, 2.24) is 15.5 Å². The fraction of sp³-hybridized carbons (Fsp3) is 0.649. The SMILES string of the molecule is COCCCOC(c1ccccc1)C1CCCN(CC(=O)N[C@@H](C)[C@@H](O)C(NCc2cc(OC)cc(OC)c2)C2CCCCC2)C1. The molecule has 2 aromatic rings. The van der Waals surface area contributed by atoms with Crippen LogP contribution in [0, 0.1) is 11.8 Å². The van der Waals surface area contributed by atoms with Crippen molar-refractivity contribution in [1.29, 1.82) is 0 Å². The van der Waals surface area contributed by atoms with Crippen molar-refractivity contribution in [3.63, 3.8) is 0 Å². The fourth-order valence-corrected chi connectivity index (χ4v) is 7.21. The van der Waals surface area contributed by atoms with E-state index < -0.39 is 12.1 Å². The number of benzene rings is 2. The first-order valence-corrected chi connectivity index (χ1v) is 17.2. The molecule has 3 N–H and O–H groups in total. The molecule has 1 aliphatic carbocycles. The lowest BCUT2D eigenvalue weighted by molar-refractivity contribution is -0.124. The largest absolute Gasteiger partial charge is 0.497 e. The fourth-order valence-electron chi connectivity index (χ4n) is 7.21. The molecular weight excluding hydrogens is 582 g/mol. The summed E-state index contributed by atoms with van der Waals surface area (Å²) in [6.07, 6.45) is 7.90. The van der Waals surface area contributed by atoms with Gasteiger partial charge in [0.15, 0.2) is 0 Å². The summed E-state index contributed by atoms with van der Waals surface area (Å²) < 4.78 is 22.6. The Kier molecular flexibility index (Phi) is 15.1. The molecule has 2 aromatic carbocycles. The maximum atomic E-state index is 13.4. The Morgan fingerprint density at radius 1 is 0.935 bits per heavy atom. The molecule has 1 heterocycles. The zero-order chi connectivity index (χ0) is 32.7. The van der Waals surface area contributed by atoms with E-state index in [-0.39, 0.29) is 18.1 Å². The van der Waals surface area contributed by atoms with E-state index >= 15 is 0 Å². The quantitative estimate of drug-likeness (QED) is 0.194. The minimum Gasteiger partial charge on any atom is -0.497 e. The van der Waals surface area contributed by atoms with Gasteiger partial charge in [-0.05, 0) is 74.8 Å². The Morgan fingerprint density at radius 2 is 1.63 bits per heavy atom. The number of nitrogens with one attached hydrogen (secondary N) is 2. The molecule has 0 aromatic heterocycles. The Labute approximate surface area is 276 Å². The average molecular weight is 640 g/mol. The number of aliphatic hydroxyl groups excluding tert-OH is 1. The molecule has 9 nitrogen and oxygen atoms in total. The molecule has 1 saturated carbocycles. The van der Waals surface area contributed by atoms with Gasteiger partial charge in [-0.3, -0.25) is 9.69 Å². The van der Waals surface area contributed by atoms with Crippen molar-refractivity contribution in [3.05, 3.63) is 59.7 Å². The number of hydrogen-bond acceptors (Lipinski definition) is 8. The van der Waals surface area contributed by atoms with E-state index in [4.69, 9.17) is 18.9 Å². The lowest BCUT2D eigenvalue weighted by Gasteiger charge is -2.38. The van der Waals surface area contributed by atoms with Gasteiger partial charge in [-0.15, -0.1) is 0 Å². The summed E-state index contributed by atoms with van der Waals surface area (Å²) >= 11 is 0. The first kappa shape index (κ1) is 36.2. The van der Waals surface area contributed by atoms with Gasteiger partial charge < -0.3 is 34.7 Å². The minimum atomic E-state index is -0.725. The van der Waals surface area contributed by atoms with Crippen molar-refractivity contribution in [2.75, 3.05) is 54.2 Å². The van der Waals surface area contributed by atoms with Gasteiger partial charge in [0.05, 0.1) is 39.0 Å². The normalized spacial score (nSPS) is 20.4. The van der Waals surface area contributed by atoms with Crippen LogP contribution in [0.3, 0.4) is 0 Å². The van der Waals surface area contributed by atoms with Crippen LogP contribution in [0.2, 0.25) is 0 Å². The first-order valence-electron chi connectivity index (χ1n) is 17.2. The molecule has 3 unspecified atom stereocenters. The number of methoxy groups -OCH3 is 3. The third-order valence-corrected chi connectivity index (χ3v) is 9.64. The molecule has 4 rings (SSSR count). The van der Waals surface area contributed by atoms with Gasteiger partial charge >= 0.3 is 0 Å². The molecule has 0 radical (unpaired) electrons. The first-order chi connectivity index (χ1) is 22.4. The van der Waals surface area contributed by atoms with Crippen LogP contribution < -0.4 is 20.1 Å². The number of piperidine rings is 1. The molecule has 9 heteroatoms. The molecule has 0 bridgehead atoms. The van der Waals surface area contributed by atoms with E-state index in [0.717, 1.165) is 62.3 Å². The van der Waals surface area contributed by atoms with Gasteiger partial charge in [0.2, 0.25) is 5.91 Å². The highest BCUT2D eigenvalue weighted by molar-refractivity contribution is 5.78. The summed E-state index contributed by atoms with van der Waals surface area (Å²) in [6.45, 7) is 5.79. The maximum Gasteiger partial charge on any atom is 0.234 e. The van der Waals surface area contributed by atoms with Crippen LogP contribution in [0.5, 0.6) is 11.5 Å². The predicted octanol–water partition coefficient (Wildman–Crippen LogP) is 5.11. The van der Waals surface area contributed by atoms with E-state index in [2.05, 4.69) is 39.8 Å². The number of carbonyl (C=O) groups is 1. The van der Waals surface area contributed by atoms with Crippen LogP contribution in [0.4, 0.5) is 0 Å². The third kappa shape index (κ3) is 10.9. The Bertz CT molecular complexity index is 1140. The smallest absolute Gasteiger partial charge is 0.234 e. The highest BCUT2D eigenvalue weighted by Gasteiger charge is 2.34. The van der Waals surface area contributed by atoms with Crippen molar-refractivity contribution in [3.8, 4) is 11.5 Å². The van der Waals surface area contributed by atoms with Crippen molar-refractivity contribution >= 4 is 5.91 Å². The highest BCUT2D eigenvalue weighted by Crippen LogP contribution is 2.33. The highest BCUT2D eigenvalue weighted by atomic mass is 16.5. The predicted molar refractivity (Wildman–Crippen MR) is 181 cm³/mol. The number of aliphatic hydroxyl groups is 1. The van der Waals surface area contributed by atoms with Crippen LogP contribution in [0.15, 0.2) is 48.5 Å². The average Bonchev–Trinajstić information content (AvgIpc) is 3.09. The molecule has 46 heavy (non-hydrogen) atoms. The lowest BCUT2D eigenvalue weighted by Crippen LogP contribution is -2.56. The molecule has 1 aliphatic heterocycles. The second-order valence-corrected chi connectivity index (χ2v) is 13.1. The second-order valence-electron chi connectivity index (χ2n) is 13.1. The zero-order valence-electron chi connectivity index (χ0n) is 28.4. The van der Waals surface area contributed by atoms with Gasteiger partial charge in [-0.2, -0.15) is 0 Å². The van der Waals surface area contributed by atoms with E-state index in [0.29, 0.717) is 38.1 Å². The minimum absolute atomic E-state index is 0.0171. The molecular formula is C37H57N3O6. The number of rotatable bonds is 18. The number of amides is 1. The van der Waals surface area contributed by atoms with Crippen molar-refractivity contribution < 1.29 is 28.8 Å². The third-order valence-electron chi connectivity index (χ3n) is 9.64. The Hall–Kier alpha value is -2.69. The molecule has 1 saturated heterocycles. The number of hydrogen-bond donors (Lipinski definition) is 3. The van der Waals surface area contributed by atoms with Crippen molar-refractivity contribution in [2.24, 2.45) is 11.8 Å². The standard InChI is InChI=1S/C37H57N3O6/c1-27(36(42)35(29-13-7-5-8-14-29)38-24-28-21-32(44-3)23-33(22-28)45-4)39-34(41)26-40-18-11-17-31(25-40)37(46-20-12-19-43-2)30-15-9-6-10-16-30/h6,9-10,15-16,21-23,27,29,31,35-38,42H,5,7-8,11-14,17-20,24-26H2,1-4H3,(H,39,41)/t27-,31?,35?,36+,37?/m0/s1. The topological polar surface area (TPSA) is 102 Å². The van der Waals surface area contributed by atoms with Gasteiger partial charge in [-0.25, -0.2) is 0 Å². The monoisotopic (exact) mass is 639 g/mol. The van der Waals surface area contributed by atoms with Crippen molar-refractivity contribution in [2.45, 2.75) is 89.1 Å². The lowest BCUT2D eigenvalue weighted by atomic mass is 9.80. The Morgan fingerprint density at radius 3 is 2.30 bits per heavy atom. The zero-order valence-corrected chi connectivity index (χ0v) is 28.4. The number of likely N-dealkylation sites (tertiary alicyclic amines) is 1. The number of carbonyl (C=O) groups excluding carboxylic acids is 1. The summed E-state index contributed by atoms with van der Waals surface area (Å²) in [5, 5.41) is 18.5. The summed E-state index contributed by atoms with van der Waals surface area (Å²) in [4.78, 5) is 15.6. The summed E-state index contributed by atoms with van der Waals surface area (Å²) in [5.74, 6) is 2.06. The van der Waals surface area contributed by atoms with E-state index in [1.54, 1.807) is 21.3 Å². The number of nitrogens with zero attached hydrogens (tertiary/aromatic N) is 1. The van der Waals surface area contributed by atoms with Crippen LogP contribution in [-0.4, -0.2) is 88.3 Å². The van der Waals surface area contributed by atoms with Gasteiger partial charge in [-0.1, -0.05) is 49.6 Å². The van der Waals surface area contributed by atoms with Crippen LogP contribution in [0.25, 0.3) is 0 Å². The summed E-state index contributed by atoms with van der Waals surface area (Å²) in [7, 11) is 5.01.